The van der Waals surface area contributed by atoms with Crippen molar-refractivity contribution in [2.45, 2.75) is 19.4 Å². The number of amides is 1. The van der Waals surface area contributed by atoms with Crippen LogP contribution in [0, 0.1) is 11.7 Å². The number of ether oxygens (including phenoxy) is 1. The summed E-state index contributed by atoms with van der Waals surface area (Å²) in [6, 6.07) is 7.07. The van der Waals surface area contributed by atoms with Gasteiger partial charge >= 0.3 is 0 Å². The number of nitrogens with one attached hydrogen (secondary N) is 3. The van der Waals surface area contributed by atoms with Gasteiger partial charge in [-0.1, -0.05) is 6.07 Å². The van der Waals surface area contributed by atoms with E-state index in [1.807, 2.05) is 30.0 Å². The maximum absolute atomic E-state index is 14.9. The summed E-state index contributed by atoms with van der Waals surface area (Å²) in [4.78, 5) is 25.7. The molecule has 9 heteroatoms. The van der Waals surface area contributed by atoms with Crippen LogP contribution < -0.4 is 20.3 Å². The van der Waals surface area contributed by atoms with Crippen LogP contribution in [0.3, 0.4) is 0 Å². The largest absolute Gasteiger partial charge is 0.473 e. The van der Waals surface area contributed by atoms with Gasteiger partial charge in [-0.3, -0.25) is 4.79 Å². The van der Waals surface area contributed by atoms with Gasteiger partial charge in [0.05, 0.1) is 23.2 Å². The summed E-state index contributed by atoms with van der Waals surface area (Å²) in [7, 11) is 0. The molecule has 162 valence electrons. The summed E-state index contributed by atoms with van der Waals surface area (Å²) >= 11 is 0. The van der Waals surface area contributed by atoms with Crippen molar-refractivity contribution in [2.75, 3.05) is 37.6 Å². The van der Waals surface area contributed by atoms with Gasteiger partial charge in [0.15, 0.2) is 5.52 Å². The van der Waals surface area contributed by atoms with Gasteiger partial charge in [-0.2, -0.15) is 0 Å². The van der Waals surface area contributed by atoms with Gasteiger partial charge in [0.25, 0.3) is 0 Å². The van der Waals surface area contributed by atoms with Gasteiger partial charge in [-0.15, -0.1) is 0 Å². The summed E-state index contributed by atoms with van der Waals surface area (Å²) < 4.78 is 21.1. The first-order chi connectivity index (χ1) is 15.1. The van der Waals surface area contributed by atoms with Gasteiger partial charge in [-0.25, -0.2) is 14.4 Å². The Bertz CT molecular complexity index is 1110. The van der Waals surface area contributed by atoms with Gasteiger partial charge in [0.2, 0.25) is 11.8 Å². The number of fused-ring (bicyclic) bond motifs is 1. The number of aromatic amines is 1. The predicted molar refractivity (Wildman–Crippen MR) is 116 cm³/mol. The number of nitrogens with zero attached hydrogens (tertiary/aromatic N) is 3. The lowest BCUT2D eigenvalue weighted by molar-refractivity contribution is -0.119. The van der Waals surface area contributed by atoms with Crippen LogP contribution in [-0.2, 0) is 4.79 Å². The second-order valence-electron chi connectivity index (χ2n) is 8.11. The highest BCUT2D eigenvalue weighted by atomic mass is 19.1. The molecular formula is C22H25FN6O2. The van der Waals surface area contributed by atoms with E-state index in [1.54, 1.807) is 6.33 Å². The van der Waals surface area contributed by atoms with Crippen molar-refractivity contribution in [3.63, 3.8) is 0 Å². The molecule has 8 nitrogen and oxygen atoms in total. The van der Waals surface area contributed by atoms with E-state index in [1.165, 1.54) is 6.07 Å². The number of imidazole rings is 1. The van der Waals surface area contributed by atoms with Crippen LogP contribution in [0.1, 0.15) is 13.3 Å². The third-order valence-corrected chi connectivity index (χ3v) is 6.05. The van der Waals surface area contributed by atoms with Crippen LogP contribution in [0.15, 0.2) is 30.6 Å². The number of aromatic nitrogens is 3. The van der Waals surface area contributed by atoms with Crippen molar-refractivity contribution in [1.82, 2.24) is 25.6 Å². The average Bonchev–Trinajstić information content (AvgIpc) is 3.43. The fourth-order valence-electron chi connectivity index (χ4n) is 4.21. The van der Waals surface area contributed by atoms with Gasteiger partial charge in [0, 0.05) is 50.6 Å². The number of hydrogen-bond donors (Lipinski definition) is 3. The maximum atomic E-state index is 14.9. The van der Waals surface area contributed by atoms with Crippen molar-refractivity contribution in [2.24, 2.45) is 5.92 Å². The Kier molecular flexibility index (Phi) is 5.19. The Morgan fingerprint density at radius 1 is 1.26 bits per heavy atom. The van der Waals surface area contributed by atoms with E-state index in [-0.39, 0.29) is 23.7 Å². The number of halogens is 1. The van der Waals surface area contributed by atoms with Gasteiger partial charge < -0.3 is 25.3 Å². The molecule has 3 N–H and O–H groups in total. The highest BCUT2D eigenvalue weighted by Crippen LogP contribution is 2.31. The summed E-state index contributed by atoms with van der Waals surface area (Å²) in [6.45, 7) is 5.77. The number of hydrogen-bond acceptors (Lipinski definition) is 6. The monoisotopic (exact) mass is 424 g/mol. The number of piperazine rings is 1. The molecular weight excluding hydrogens is 399 g/mol. The highest BCUT2D eigenvalue weighted by Gasteiger charge is 2.29. The molecule has 2 saturated heterocycles. The van der Waals surface area contributed by atoms with E-state index in [0.717, 1.165) is 31.7 Å². The van der Waals surface area contributed by atoms with E-state index in [9.17, 15) is 9.18 Å². The molecule has 3 aromatic rings. The lowest BCUT2D eigenvalue weighted by atomic mass is 10.0. The summed E-state index contributed by atoms with van der Waals surface area (Å²) in [6.07, 6.45) is 1.81. The van der Waals surface area contributed by atoms with Crippen molar-refractivity contribution >= 4 is 22.6 Å². The molecule has 0 spiro atoms. The van der Waals surface area contributed by atoms with Crippen LogP contribution in [0.2, 0.25) is 0 Å². The van der Waals surface area contributed by atoms with Crippen LogP contribution in [-0.4, -0.2) is 59.7 Å². The molecule has 0 bridgehead atoms. The first-order valence-corrected chi connectivity index (χ1v) is 10.6. The fourth-order valence-corrected chi connectivity index (χ4v) is 4.21. The second-order valence-corrected chi connectivity index (χ2v) is 8.11. The molecule has 1 aromatic carbocycles. The molecule has 2 atom stereocenters. The topological polar surface area (TPSA) is 95.2 Å². The molecule has 4 heterocycles. The zero-order valence-electron chi connectivity index (χ0n) is 17.3. The summed E-state index contributed by atoms with van der Waals surface area (Å²) in [5.41, 5.74) is 3.26. The minimum absolute atomic E-state index is 0.0344. The van der Waals surface area contributed by atoms with Crippen molar-refractivity contribution in [3.8, 4) is 17.1 Å². The van der Waals surface area contributed by atoms with Crippen molar-refractivity contribution in [1.29, 1.82) is 0 Å². The Labute approximate surface area is 179 Å². The van der Waals surface area contributed by atoms with Crippen molar-refractivity contribution < 1.29 is 13.9 Å². The molecule has 2 aliphatic heterocycles. The Morgan fingerprint density at radius 2 is 2.10 bits per heavy atom. The zero-order valence-corrected chi connectivity index (χ0v) is 17.3. The van der Waals surface area contributed by atoms with Crippen LogP contribution in [0.5, 0.6) is 5.88 Å². The number of anilines is 1. The molecule has 0 saturated carbocycles. The minimum atomic E-state index is -0.266. The second kappa shape index (κ2) is 8.14. The highest BCUT2D eigenvalue weighted by molar-refractivity contribution is 5.84. The Balaban J connectivity index is 1.45. The molecule has 0 radical (unpaired) electrons. The summed E-state index contributed by atoms with van der Waals surface area (Å²) in [5, 5.41) is 6.11. The fraction of sp³-hybridized carbons (Fsp3) is 0.409. The van der Waals surface area contributed by atoms with E-state index >= 15 is 0 Å². The number of H-pyrrole nitrogens is 1. The molecule has 2 fully saturated rings. The Morgan fingerprint density at radius 3 is 2.84 bits per heavy atom. The molecule has 31 heavy (non-hydrogen) atoms. The van der Waals surface area contributed by atoms with E-state index in [4.69, 9.17) is 4.74 Å². The third-order valence-electron chi connectivity index (χ3n) is 6.05. The quantitative estimate of drug-likeness (QED) is 0.581. The normalized spacial score (nSPS) is 20.1. The van der Waals surface area contributed by atoms with Crippen LogP contribution >= 0.6 is 0 Å². The number of carbonyl (C=O) groups excluding carboxylic acids is 1. The van der Waals surface area contributed by atoms with Gasteiger partial charge in [-0.05, 0) is 25.1 Å². The standard InChI is InChI=1S/C22H25FN6O2/c1-13(15-9-20(30)25-11-15)31-22-21-18(26-12-27-21)10-17(28-22)14-2-3-19(16(23)8-14)29-6-4-24-5-7-29/h2-3,8,10,12-13,15,24H,4-7,9,11H2,1H3,(H,25,30)(H,26,27)/t13-,15-/m1/s1. The molecule has 0 aliphatic carbocycles. The molecule has 1 amide bonds. The molecule has 0 unspecified atom stereocenters. The smallest absolute Gasteiger partial charge is 0.243 e. The number of rotatable bonds is 5. The van der Waals surface area contributed by atoms with Crippen LogP contribution in [0.4, 0.5) is 10.1 Å². The number of pyridine rings is 1. The van der Waals surface area contributed by atoms with Gasteiger partial charge in [0.1, 0.15) is 11.9 Å². The number of carbonyl (C=O) groups is 1. The Hall–Kier alpha value is -3.20. The van der Waals surface area contributed by atoms with E-state index in [0.29, 0.717) is 41.3 Å². The minimum Gasteiger partial charge on any atom is -0.473 e. The van der Waals surface area contributed by atoms with Crippen molar-refractivity contribution in [3.05, 3.63) is 36.4 Å². The summed E-state index contributed by atoms with van der Waals surface area (Å²) in [5.74, 6) is 0.222. The van der Waals surface area contributed by atoms with E-state index in [2.05, 4.69) is 25.6 Å². The third kappa shape index (κ3) is 3.93. The number of benzene rings is 1. The SMILES string of the molecule is C[C@@H](Oc1nc(-c2ccc(N3CCNCC3)c(F)c2)cc2[nH]cnc12)[C@H]1CNC(=O)C1. The molecule has 5 rings (SSSR count). The first-order valence-electron chi connectivity index (χ1n) is 10.6. The zero-order chi connectivity index (χ0) is 21.4. The predicted octanol–water partition coefficient (Wildman–Crippen LogP) is 2.08. The lowest BCUT2D eigenvalue weighted by Gasteiger charge is -2.29. The first kappa shape index (κ1) is 19.7. The lowest BCUT2D eigenvalue weighted by Crippen LogP contribution is -2.43. The maximum Gasteiger partial charge on any atom is 0.243 e. The van der Waals surface area contributed by atoms with E-state index < -0.39 is 0 Å². The molecule has 2 aromatic heterocycles. The van der Waals surface area contributed by atoms with Crippen LogP contribution in [0.25, 0.3) is 22.3 Å². The average molecular weight is 424 g/mol. The molecule has 2 aliphatic rings.